The van der Waals surface area contributed by atoms with Crippen molar-refractivity contribution in [3.63, 3.8) is 0 Å². The van der Waals surface area contributed by atoms with Crippen LogP contribution in [-0.4, -0.2) is 10.5 Å². The minimum Gasteiger partial charge on any atom is -0.321 e. The molecule has 1 N–H and O–H groups in total. The van der Waals surface area contributed by atoms with Crippen LogP contribution < -0.4 is 5.32 Å². The van der Waals surface area contributed by atoms with E-state index in [-0.39, 0.29) is 5.57 Å². The number of benzene rings is 2. The zero-order chi connectivity index (χ0) is 21.1. The van der Waals surface area contributed by atoms with Gasteiger partial charge in [-0.15, -0.1) is 0 Å². The maximum absolute atomic E-state index is 12.7. The first kappa shape index (κ1) is 20.9. The third kappa shape index (κ3) is 4.29. The van der Waals surface area contributed by atoms with E-state index in [1.807, 2.05) is 57.2 Å². The lowest BCUT2D eigenvalue weighted by Gasteiger charge is -2.11. The SMILES string of the molecule is Cc1c(Cl)cccc1NC(=O)/C(C#N)=C\c1cc(C)n(-c2ccccc2Br)c1C. The number of carbonyl (C=O) groups is 1. The molecule has 0 fully saturated rings. The number of aryl methyl sites for hydroxylation is 1. The Morgan fingerprint density at radius 2 is 1.90 bits per heavy atom. The van der Waals surface area contributed by atoms with Gasteiger partial charge in [-0.2, -0.15) is 5.26 Å². The van der Waals surface area contributed by atoms with E-state index in [2.05, 4.69) is 25.8 Å². The smallest absolute Gasteiger partial charge is 0.266 e. The standard InChI is InChI=1S/C23H19BrClN3O/c1-14-11-17(16(3)28(14)22-10-5-4-7-19(22)24)12-18(13-26)23(29)27-21-9-6-8-20(25)15(21)2/h4-12H,1-3H3,(H,27,29)/b18-12-. The zero-order valence-electron chi connectivity index (χ0n) is 16.3. The van der Waals surface area contributed by atoms with Crippen molar-refractivity contribution in [2.24, 2.45) is 0 Å². The molecule has 0 radical (unpaired) electrons. The number of halogens is 2. The molecule has 0 aliphatic carbocycles. The number of anilines is 1. The fraction of sp³-hybridized carbons (Fsp3) is 0.130. The normalized spacial score (nSPS) is 11.2. The van der Waals surface area contributed by atoms with E-state index in [1.165, 1.54) is 0 Å². The quantitative estimate of drug-likeness (QED) is 0.357. The van der Waals surface area contributed by atoms with Crippen LogP contribution in [0.3, 0.4) is 0 Å². The lowest BCUT2D eigenvalue weighted by Crippen LogP contribution is -2.14. The summed E-state index contributed by atoms with van der Waals surface area (Å²) >= 11 is 9.70. The van der Waals surface area contributed by atoms with Gasteiger partial charge in [0.15, 0.2) is 0 Å². The number of para-hydroxylation sites is 1. The molecule has 3 rings (SSSR count). The third-order valence-electron chi connectivity index (χ3n) is 4.74. The van der Waals surface area contributed by atoms with Crippen LogP contribution in [0, 0.1) is 32.1 Å². The molecule has 0 spiro atoms. The van der Waals surface area contributed by atoms with Crippen LogP contribution in [-0.2, 0) is 4.79 Å². The monoisotopic (exact) mass is 467 g/mol. The zero-order valence-corrected chi connectivity index (χ0v) is 18.6. The van der Waals surface area contributed by atoms with Crippen molar-refractivity contribution in [1.29, 1.82) is 5.26 Å². The van der Waals surface area contributed by atoms with Crippen LogP contribution in [0.4, 0.5) is 5.69 Å². The van der Waals surface area contributed by atoms with Crippen LogP contribution in [0.15, 0.2) is 58.6 Å². The highest BCUT2D eigenvalue weighted by Gasteiger charge is 2.16. The Morgan fingerprint density at radius 3 is 2.59 bits per heavy atom. The highest BCUT2D eigenvalue weighted by atomic mass is 79.9. The molecule has 0 unspecified atom stereocenters. The molecule has 1 heterocycles. The van der Waals surface area contributed by atoms with E-state index >= 15 is 0 Å². The van der Waals surface area contributed by atoms with Crippen molar-refractivity contribution in [2.45, 2.75) is 20.8 Å². The van der Waals surface area contributed by atoms with Crippen molar-refractivity contribution in [2.75, 3.05) is 5.32 Å². The molecule has 1 amide bonds. The number of nitriles is 1. The van der Waals surface area contributed by atoms with Gasteiger partial charge in [-0.3, -0.25) is 4.79 Å². The van der Waals surface area contributed by atoms with E-state index < -0.39 is 5.91 Å². The topological polar surface area (TPSA) is 57.8 Å². The second kappa shape index (κ2) is 8.69. The second-order valence-corrected chi connectivity index (χ2v) is 7.91. The van der Waals surface area contributed by atoms with E-state index in [1.54, 1.807) is 24.3 Å². The van der Waals surface area contributed by atoms with E-state index in [4.69, 9.17) is 11.6 Å². The van der Waals surface area contributed by atoms with Crippen molar-refractivity contribution in [1.82, 2.24) is 4.57 Å². The molecule has 4 nitrogen and oxygen atoms in total. The number of hydrogen-bond donors (Lipinski definition) is 1. The Labute approximate surface area is 183 Å². The molecule has 146 valence electrons. The molecular formula is C23H19BrClN3O. The van der Waals surface area contributed by atoms with Crippen molar-refractivity contribution in [3.05, 3.63) is 86.1 Å². The predicted octanol–water partition coefficient (Wildman–Crippen LogP) is 6.36. The van der Waals surface area contributed by atoms with Gasteiger partial charge in [0.1, 0.15) is 11.6 Å². The maximum atomic E-state index is 12.7. The second-order valence-electron chi connectivity index (χ2n) is 6.65. The minimum atomic E-state index is -0.469. The molecule has 6 heteroatoms. The summed E-state index contributed by atoms with van der Waals surface area (Å²) in [6, 6.07) is 17.2. The molecule has 0 aliphatic heterocycles. The molecule has 29 heavy (non-hydrogen) atoms. The first-order valence-electron chi connectivity index (χ1n) is 8.95. The van der Waals surface area contributed by atoms with E-state index in [0.717, 1.165) is 32.7 Å². The lowest BCUT2D eigenvalue weighted by atomic mass is 10.1. The highest BCUT2D eigenvalue weighted by Crippen LogP contribution is 2.28. The number of hydrogen-bond acceptors (Lipinski definition) is 2. The average molecular weight is 469 g/mol. The maximum Gasteiger partial charge on any atom is 0.266 e. The molecule has 0 atom stereocenters. The summed E-state index contributed by atoms with van der Waals surface area (Å²) in [5.74, 6) is -0.469. The lowest BCUT2D eigenvalue weighted by molar-refractivity contribution is -0.112. The Hall–Kier alpha value is -2.81. The van der Waals surface area contributed by atoms with Gasteiger partial charge in [0, 0.05) is 26.6 Å². The van der Waals surface area contributed by atoms with Gasteiger partial charge in [0.2, 0.25) is 0 Å². The number of aromatic nitrogens is 1. The molecule has 0 saturated carbocycles. The Morgan fingerprint density at radius 1 is 1.17 bits per heavy atom. The Kier molecular flexibility index (Phi) is 6.26. The van der Waals surface area contributed by atoms with Gasteiger partial charge >= 0.3 is 0 Å². The summed E-state index contributed by atoms with van der Waals surface area (Å²) in [5.41, 5.74) is 5.12. The van der Waals surface area contributed by atoms with Gasteiger partial charge < -0.3 is 9.88 Å². The predicted molar refractivity (Wildman–Crippen MR) is 121 cm³/mol. The summed E-state index contributed by atoms with van der Waals surface area (Å²) < 4.78 is 3.05. The van der Waals surface area contributed by atoms with Crippen molar-refractivity contribution < 1.29 is 4.79 Å². The van der Waals surface area contributed by atoms with Crippen LogP contribution >= 0.6 is 27.5 Å². The van der Waals surface area contributed by atoms with Gasteiger partial charge in [-0.05, 0) is 84.2 Å². The Balaban J connectivity index is 1.97. The molecule has 0 aliphatic rings. The summed E-state index contributed by atoms with van der Waals surface area (Å²) in [4.78, 5) is 12.7. The van der Waals surface area contributed by atoms with Gasteiger partial charge in [-0.1, -0.05) is 29.8 Å². The summed E-state index contributed by atoms with van der Waals surface area (Å²) in [6.45, 7) is 5.77. The minimum absolute atomic E-state index is 0.0248. The first-order valence-corrected chi connectivity index (χ1v) is 10.1. The van der Waals surface area contributed by atoms with Crippen molar-refractivity contribution in [3.8, 4) is 11.8 Å². The molecule has 2 aromatic carbocycles. The first-order chi connectivity index (χ1) is 13.8. The van der Waals surface area contributed by atoms with E-state index in [9.17, 15) is 10.1 Å². The molecule has 1 aromatic heterocycles. The summed E-state index contributed by atoms with van der Waals surface area (Å²) in [7, 11) is 0. The number of amides is 1. The van der Waals surface area contributed by atoms with Crippen molar-refractivity contribution >= 4 is 45.2 Å². The van der Waals surface area contributed by atoms with Gasteiger partial charge in [0.05, 0.1) is 5.69 Å². The molecule has 0 saturated heterocycles. The number of rotatable bonds is 4. The van der Waals surface area contributed by atoms with E-state index in [0.29, 0.717) is 10.7 Å². The van der Waals surface area contributed by atoms with Gasteiger partial charge in [-0.25, -0.2) is 0 Å². The molecule has 3 aromatic rings. The van der Waals surface area contributed by atoms with Gasteiger partial charge in [0.25, 0.3) is 5.91 Å². The van der Waals surface area contributed by atoms with Crippen LogP contribution in [0.25, 0.3) is 11.8 Å². The number of carbonyl (C=O) groups excluding carboxylic acids is 1. The average Bonchev–Trinajstić information content (AvgIpc) is 2.97. The fourth-order valence-corrected chi connectivity index (χ4v) is 3.81. The van der Waals surface area contributed by atoms with Crippen LogP contribution in [0.1, 0.15) is 22.5 Å². The molecule has 0 bridgehead atoms. The van der Waals surface area contributed by atoms with Crippen LogP contribution in [0.5, 0.6) is 0 Å². The largest absolute Gasteiger partial charge is 0.321 e. The summed E-state index contributed by atoms with van der Waals surface area (Å²) in [5, 5.41) is 12.9. The fourth-order valence-electron chi connectivity index (χ4n) is 3.17. The number of nitrogens with one attached hydrogen (secondary N) is 1. The third-order valence-corrected chi connectivity index (χ3v) is 5.82. The Bertz CT molecular complexity index is 1170. The highest BCUT2D eigenvalue weighted by molar-refractivity contribution is 9.10. The molecular weight excluding hydrogens is 450 g/mol. The number of nitrogens with zero attached hydrogens (tertiary/aromatic N) is 2. The van der Waals surface area contributed by atoms with Crippen LogP contribution in [0.2, 0.25) is 5.02 Å². The summed E-state index contributed by atoms with van der Waals surface area (Å²) in [6.07, 6.45) is 1.62.